The zero-order valence-electron chi connectivity index (χ0n) is 9.14. The van der Waals surface area contributed by atoms with Crippen molar-refractivity contribution in [2.75, 3.05) is 11.9 Å². The summed E-state index contributed by atoms with van der Waals surface area (Å²) in [4.78, 5) is 4.35. The zero-order chi connectivity index (χ0) is 11.7. The predicted molar refractivity (Wildman–Crippen MR) is 65.6 cm³/mol. The second-order valence-corrected chi connectivity index (χ2v) is 4.05. The van der Waals surface area contributed by atoms with Crippen molar-refractivity contribution in [2.24, 2.45) is 0 Å². The summed E-state index contributed by atoms with van der Waals surface area (Å²) in [6, 6.07) is 4.61. The minimum absolute atomic E-state index is 0.365. The Bertz CT molecular complexity index is 540. The Morgan fingerprint density at radius 2 is 2.12 bits per heavy atom. The summed E-state index contributed by atoms with van der Waals surface area (Å²) in [6.07, 6.45) is 0. The third-order valence-corrected chi connectivity index (χ3v) is 2.70. The Morgan fingerprint density at radius 3 is 2.81 bits per heavy atom. The lowest BCUT2D eigenvalue weighted by atomic mass is 10.1. The molecule has 0 aliphatic heterocycles. The van der Waals surface area contributed by atoms with Gasteiger partial charge in [0.15, 0.2) is 0 Å². The lowest BCUT2D eigenvalue weighted by Gasteiger charge is -2.09. The summed E-state index contributed by atoms with van der Waals surface area (Å²) in [5.74, 6) is 0.410. The molecule has 1 heterocycles. The van der Waals surface area contributed by atoms with Gasteiger partial charge in [-0.05, 0) is 31.5 Å². The highest BCUT2D eigenvalue weighted by molar-refractivity contribution is 6.35. The van der Waals surface area contributed by atoms with Crippen LogP contribution in [0.1, 0.15) is 12.5 Å². The molecule has 0 bridgehead atoms. The molecule has 0 radical (unpaired) electrons. The molecule has 0 saturated carbocycles. The smallest absolute Gasteiger partial charge is 0.129 e. The molecule has 0 spiro atoms. The van der Waals surface area contributed by atoms with Crippen molar-refractivity contribution >= 4 is 28.3 Å². The predicted octanol–water partition coefficient (Wildman–Crippen LogP) is 3.77. The fourth-order valence-corrected chi connectivity index (χ4v) is 1.90. The van der Waals surface area contributed by atoms with Crippen LogP contribution in [0.25, 0.3) is 10.9 Å². The molecule has 0 amide bonds. The molecule has 1 aromatic carbocycles. The number of pyridine rings is 1. The van der Waals surface area contributed by atoms with Gasteiger partial charge in [0.1, 0.15) is 11.6 Å². The molecule has 0 saturated heterocycles. The second-order valence-electron chi connectivity index (χ2n) is 3.64. The third kappa shape index (κ3) is 1.95. The maximum Gasteiger partial charge on any atom is 0.129 e. The Hall–Kier alpha value is -1.35. The number of aromatic nitrogens is 1. The maximum absolute atomic E-state index is 13.2. The average Bonchev–Trinajstić information content (AvgIpc) is 2.21. The second kappa shape index (κ2) is 4.26. The van der Waals surface area contributed by atoms with Gasteiger partial charge in [-0.1, -0.05) is 11.6 Å². The van der Waals surface area contributed by atoms with Gasteiger partial charge in [-0.25, -0.2) is 9.37 Å². The molecule has 84 valence electrons. The largest absolute Gasteiger partial charge is 0.370 e. The number of aryl methyl sites for hydroxylation is 1. The molecule has 1 aromatic heterocycles. The van der Waals surface area contributed by atoms with Crippen LogP contribution in [0.2, 0.25) is 5.02 Å². The van der Waals surface area contributed by atoms with Crippen LogP contribution in [0.5, 0.6) is 0 Å². The molecular weight excluding hydrogens is 227 g/mol. The van der Waals surface area contributed by atoms with Crippen molar-refractivity contribution in [1.29, 1.82) is 0 Å². The van der Waals surface area contributed by atoms with Crippen LogP contribution in [0, 0.1) is 12.7 Å². The number of nitrogens with zero attached hydrogens (tertiary/aromatic N) is 1. The monoisotopic (exact) mass is 238 g/mol. The standard InChI is InChI=1S/C12H12ClFN2/c1-3-15-12-7(2)4-9-10(13)5-8(14)6-11(9)16-12/h4-6H,3H2,1-2H3,(H,15,16). The quantitative estimate of drug-likeness (QED) is 0.862. The SMILES string of the molecule is CCNc1nc2cc(F)cc(Cl)c2cc1C. The minimum atomic E-state index is -0.365. The van der Waals surface area contributed by atoms with Gasteiger partial charge >= 0.3 is 0 Å². The number of benzene rings is 1. The molecule has 0 atom stereocenters. The van der Waals surface area contributed by atoms with Crippen LogP contribution in [0.4, 0.5) is 10.2 Å². The van der Waals surface area contributed by atoms with Crippen molar-refractivity contribution < 1.29 is 4.39 Å². The maximum atomic E-state index is 13.2. The van der Waals surface area contributed by atoms with Crippen LogP contribution in [0.15, 0.2) is 18.2 Å². The first kappa shape index (κ1) is 11.1. The van der Waals surface area contributed by atoms with E-state index in [1.165, 1.54) is 12.1 Å². The Kier molecular flexibility index (Phi) is 2.97. The summed E-state index contributed by atoms with van der Waals surface area (Å²) in [7, 11) is 0. The summed E-state index contributed by atoms with van der Waals surface area (Å²) in [5, 5.41) is 4.31. The van der Waals surface area contributed by atoms with E-state index in [0.717, 1.165) is 23.3 Å². The fourth-order valence-electron chi connectivity index (χ4n) is 1.65. The first-order valence-corrected chi connectivity index (χ1v) is 5.50. The molecule has 2 aromatic rings. The first-order chi connectivity index (χ1) is 7.61. The van der Waals surface area contributed by atoms with Crippen LogP contribution in [-0.4, -0.2) is 11.5 Å². The van der Waals surface area contributed by atoms with Crippen molar-refractivity contribution in [3.63, 3.8) is 0 Å². The third-order valence-electron chi connectivity index (χ3n) is 2.38. The highest BCUT2D eigenvalue weighted by atomic mass is 35.5. The van der Waals surface area contributed by atoms with Gasteiger partial charge < -0.3 is 5.32 Å². The van der Waals surface area contributed by atoms with E-state index in [4.69, 9.17) is 11.6 Å². The molecule has 2 nitrogen and oxygen atoms in total. The minimum Gasteiger partial charge on any atom is -0.370 e. The van der Waals surface area contributed by atoms with Gasteiger partial charge in [0, 0.05) is 18.0 Å². The van der Waals surface area contributed by atoms with E-state index in [0.29, 0.717) is 10.5 Å². The van der Waals surface area contributed by atoms with E-state index in [1.54, 1.807) is 0 Å². The Balaban J connectivity index is 2.69. The van der Waals surface area contributed by atoms with Crippen LogP contribution in [-0.2, 0) is 0 Å². The van der Waals surface area contributed by atoms with E-state index < -0.39 is 0 Å². The van der Waals surface area contributed by atoms with Crippen molar-refractivity contribution in [2.45, 2.75) is 13.8 Å². The van der Waals surface area contributed by atoms with E-state index in [1.807, 2.05) is 19.9 Å². The molecule has 0 unspecified atom stereocenters. The van der Waals surface area contributed by atoms with Crippen molar-refractivity contribution in [1.82, 2.24) is 4.98 Å². The van der Waals surface area contributed by atoms with Gasteiger partial charge in [0.05, 0.1) is 10.5 Å². The van der Waals surface area contributed by atoms with Crippen LogP contribution >= 0.6 is 11.6 Å². The van der Waals surface area contributed by atoms with E-state index in [2.05, 4.69) is 10.3 Å². The van der Waals surface area contributed by atoms with E-state index in [9.17, 15) is 4.39 Å². The number of anilines is 1. The molecule has 0 fully saturated rings. The summed E-state index contributed by atoms with van der Waals surface area (Å²) in [5.41, 5.74) is 1.58. The number of rotatable bonds is 2. The van der Waals surface area contributed by atoms with E-state index in [-0.39, 0.29) is 5.82 Å². The first-order valence-electron chi connectivity index (χ1n) is 5.12. The van der Waals surface area contributed by atoms with Gasteiger partial charge in [-0.3, -0.25) is 0 Å². The van der Waals surface area contributed by atoms with Crippen LogP contribution < -0.4 is 5.32 Å². The Labute approximate surface area is 98.4 Å². The number of hydrogen-bond acceptors (Lipinski definition) is 2. The van der Waals surface area contributed by atoms with E-state index >= 15 is 0 Å². The molecule has 0 aliphatic carbocycles. The molecule has 0 aliphatic rings. The normalized spacial score (nSPS) is 10.8. The highest BCUT2D eigenvalue weighted by Crippen LogP contribution is 2.27. The summed E-state index contributed by atoms with van der Waals surface area (Å²) in [6.45, 7) is 4.72. The van der Waals surface area contributed by atoms with Gasteiger partial charge in [-0.15, -0.1) is 0 Å². The molecule has 4 heteroatoms. The highest BCUT2D eigenvalue weighted by Gasteiger charge is 2.07. The number of hydrogen-bond donors (Lipinski definition) is 1. The van der Waals surface area contributed by atoms with Gasteiger partial charge in [-0.2, -0.15) is 0 Å². The summed E-state index contributed by atoms with van der Waals surface area (Å²) >= 11 is 5.96. The van der Waals surface area contributed by atoms with Gasteiger partial charge in [0.2, 0.25) is 0 Å². The topological polar surface area (TPSA) is 24.9 Å². The molecule has 2 rings (SSSR count). The molecular formula is C12H12ClFN2. The lowest BCUT2D eigenvalue weighted by molar-refractivity contribution is 0.629. The van der Waals surface area contributed by atoms with Crippen molar-refractivity contribution in [3.8, 4) is 0 Å². The lowest BCUT2D eigenvalue weighted by Crippen LogP contribution is -2.01. The molecule has 16 heavy (non-hydrogen) atoms. The van der Waals surface area contributed by atoms with Crippen molar-refractivity contribution in [3.05, 3.63) is 34.6 Å². The van der Waals surface area contributed by atoms with Gasteiger partial charge in [0.25, 0.3) is 0 Å². The summed E-state index contributed by atoms with van der Waals surface area (Å²) < 4.78 is 13.2. The zero-order valence-corrected chi connectivity index (χ0v) is 9.90. The van der Waals surface area contributed by atoms with Crippen LogP contribution in [0.3, 0.4) is 0 Å². The fraction of sp³-hybridized carbons (Fsp3) is 0.250. The Morgan fingerprint density at radius 1 is 1.38 bits per heavy atom. The average molecular weight is 239 g/mol. The number of nitrogens with one attached hydrogen (secondary N) is 1. The molecule has 1 N–H and O–H groups in total. The number of halogens is 2. The number of fused-ring (bicyclic) bond motifs is 1.